The number of amides is 1. The van der Waals surface area contributed by atoms with Crippen LogP contribution in [0, 0.1) is 28.6 Å². The number of carbonyl (C=O) groups excluding carboxylic acids is 2. The molecule has 2 N–H and O–H groups in total. The van der Waals surface area contributed by atoms with Gasteiger partial charge in [0.1, 0.15) is 6.10 Å². The summed E-state index contributed by atoms with van der Waals surface area (Å²) in [6, 6.07) is 4.29. The van der Waals surface area contributed by atoms with E-state index in [0.717, 1.165) is 76.0 Å². The normalized spacial score (nSPS) is 32.7. The molecule has 2 saturated carbocycles. The maximum Gasteiger partial charge on any atom is 0.306 e. The van der Waals surface area contributed by atoms with Crippen molar-refractivity contribution >= 4 is 17.4 Å². The van der Waals surface area contributed by atoms with Crippen LogP contribution in [0.25, 0.3) is 5.57 Å². The van der Waals surface area contributed by atoms with Gasteiger partial charge in [-0.15, -0.1) is 0 Å². The van der Waals surface area contributed by atoms with Crippen LogP contribution in [0.3, 0.4) is 0 Å². The Kier molecular flexibility index (Phi) is 9.14. The van der Waals surface area contributed by atoms with Crippen LogP contribution in [0.15, 0.2) is 42.3 Å². The molecule has 0 aliphatic heterocycles. The number of hydrogen-bond acceptors (Lipinski definition) is 5. The summed E-state index contributed by atoms with van der Waals surface area (Å²) in [5, 5.41) is 8.52. The number of nitrogens with zero attached hydrogens (tertiary/aromatic N) is 1. The van der Waals surface area contributed by atoms with Crippen LogP contribution in [-0.2, 0) is 14.3 Å². The van der Waals surface area contributed by atoms with E-state index in [1.54, 1.807) is 11.1 Å². The van der Waals surface area contributed by atoms with Gasteiger partial charge in [0.2, 0.25) is 5.91 Å². The van der Waals surface area contributed by atoms with Gasteiger partial charge in [-0.25, -0.2) is 5.48 Å². The fourth-order valence-electron chi connectivity index (χ4n) is 8.83. The van der Waals surface area contributed by atoms with Crippen LogP contribution < -0.4 is 5.48 Å². The monoisotopic (exact) mass is 548 g/mol. The molecule has 0 radical (unpaired) electrons. The lowest BCUT2D eigenvalue weighted by Crippen LogP contribution is -2.50. The van der Waals surface area contributed by atoms with Crippen LogP contribution in [0.2, 0.25) is 0 Å². The highest BCUT2D eigenvalue weighted by Crippen LogP contribution is 2.66. The second-order valence-corrected chi connectivity index (χ2v) is 13.3. The van der Waals surface area contributed by atoms with E-state index in [-0.39, 0.29) is 28.8 Å². The summed E-state index contributed by atoms with van der Waals surface area (Å²) in [5.41, 5.74) is 6.53. The molecule has 40 heavy (non-hydrogen) atoms. The third kappa shape index (κ3) is 5.93. The lowest BCUT2D eigenvalue weighted by atomic mass is 9.47. The van der Waals surface area contributed by atoms with Crippen molar-refractivity contribution < 1.29 is 19.5 Å². The zero-order chi connectivity index (χ0) is 28.2. The van der Waals surface area contributed by atoms with Crippen molar-refractivity contribution in [1.29, 1.82) is 0 Å². The van der Waals surface area contributed by atoms with E-state index in [9.17, 15) is 9.59 Å². The minimum absolute atomic E-state index is 0.0280. The molecule has 6 heteroatoms. The Morgan fingerprint density at radius 2 is 1.73 bits per heavy atom. The van der Waals surface area contributed by atoms with Crippen LogP contribution in [-0.4, -0.2) is 28.2 Å². The number of pyridine rings is 1. The summed E-state index contributed by atoms with van der Waals surface area (Å²) < 4.78 is 5.99. The van der Waals surface area contributed by atoms with E-state index in [1.165, 1.54) is 30.4 Å². The first-order valence-corrected chi connectivity index (χ1v) is 15.8. The Labute approximate surface area is 240 Å². The number of nitrogens with one attached hydrogen (secondary N) is 1. The van der Waals surface area contributed by atoms with Crippen LogP contribution in [0.4, 0.5) is 0 Å². The van der Waals surface area contributed by atoms with Crippen molar-refractivity contribution in [2.24, 2.45) is 28.6 Å². The molecule has 1 amide bonds. The first-order valence-electron chi connectivity index (χ1n) is 15.8. The number of fused-ring (bicyclic) bond motifs is 5. The lowest BCUT2D eigenvalue weighted by Gasteiger charge is -2.57. The van der Waals surface area contributed by atoms with Gasteiger partial charge in [0.25, 0.3) is 0 Å². The molecule has 4 aliphatic rings. The van der Waals surface area contributed by atoms with Crippen molar-refractivity contribution in [3.8, 4) is 0 Å². The van der Waals surface area contributed by atoms with Crippen molar-refractivity contribution in [3.05, 3.63) is 47.8 Å². The number of hydrogen-bond donors (Lipinski definition) is 2. The summed E-state index contributed by atoms with van der Waals surface area (Å²) in [6.45, 7) is 5.02. The van der Waals surface area contributed by atoms with Gasteiger partial charge in [-0.2, -0.15) is 0 Å². The molecule has 218 valence electrons. The quantitative estimate of drug-likeness (QED) is 0.0978. The molecule has 1 aromatic heterocycles. The third-order valence-corrected chi connectivity index (χ3v) is 11.1. The van der Waals surface area contributed by atoms with Gasteiger partial charge in [-0.05, 0) is 97.2 Å². The predicted molar refractivity (Wildman–Crippen MR) is 156 cm³/mol. The standard InChI is InChI=1S/C34H48N2O4/c1-33-19-17-26(40-32(38)12-8-6-4-3-5-7-11-31(37)36-39)22-25(33)13-14-27-29-16-15-28(24-10-9-21-35-23-24)34(29,2)20-18-30(27)33/h9-10,13,15,21,23,26-27,29-30,39H,3-8,11-12,14,16-20,22H2,1-2H3,(H,36,37)/t26-,27?,29?,30?,33-,34+/m0/s1. The smallest absolute Gasteiger partial charge is 0.306 e. The maximum atomic E-state index is 12.6. The van der Waals surface area contributed by atoms with Gasteiger partial charge in [-0.3, -0.25) is 19.8 Å². The fraction of sp³-hybridized carbons (Fsp3) is 0.676. The second kappa shape index (κ2) is 12.6. The van der Waals surface area contributed by atoms with Gasteiger partial charge in [0.15, 0.2) is 0 Å². The molecular formula is C34H48N2O4. The first-order chi connectivity index (χ1) is 19.3. The Bertz CT molecular complexity index is 1110. The number of ether oxygens (including phenoxy) is 1. The minimum atomic E-state index is -0.321. The van der Waals surface area contributed by atoms with Gasteiger partial charge in [0, 0.05) is 31.7 Å². The van der Waals surface area contributed by atoms with Crippen LogP contribution in [0.1, 0.15) is 116 Å². The molecule has 0 spiro atoms. The zero-order valence-electron chi connectivity index (χ0n) is 24.5. The highest BCUT2D eigenvalue weighted by molar-refractivity contribution is 5.74. The van der Waals surface area contributed by atoms with E-state index < -0.39 is 0 Å². The molecule has 1 aromatic rings. The molecule has 5 rings (SSSR count). The van der Waals surface area contributed by atoms with Gasteiger partial charge in [0.05, 0.1) is 0 Å². The molecule has 6 atom stereocenters. The van der Waals surface area contributed by atoms with Crippen molar-refractivity contribution in [2.75, 3.05) is 0 Å². The maximum absolute atomic E-state index is 12.6. The molecule has 1 heterocycles. The topological polar surface area (TPSA) is 88.5 Å². The van der Waals surface area contributed by atoms with E-state index >= 15 is 0 Å². The highest BCUT2D eigenvalue weighted by Gasteiger charge is 2.57. The average Bonchev–Trinajstić information content (AvgIpc) is 3.32. The van der Waals surface area contributed by atoms with Crippen LogP contribution >= 0.6 is 0 Å². The van der Waals surface area contributed by atoms with E-state index in [1.807, 2.05) is 12.4 Å². The Balaban J connectivity index is 1.09. The Morgan fingerprint density at radius 1 is 0.975 bits per heavy atom. The molecule has 4 aliphatic carbocycles. The van der Waals surface area contributed by atoms with E-state index in [2.05, 4.69) is 43.1 Å². The van der Waals surface area contributed by atoms with Gasteiger partial charge < -0.3 is 4.74 Å². The van der Waals surface area contributed by atoms with E-state index in [4.69, 9.17) is 9.94 Å². The molecule has 6 nitrogen and oxygen atoms in total. The van der Waals surface area contributed by atoms with Crippen LogP contribution in [0.5, 0.6) is 0 Å². The summed E-state index contributed by atoms with van der Waals surface area (Å²) in [6.07, 6.45) is 23.5. The molecule has 0 bridgehead atoms. The number of carbonyl (C=O) groups is 2. The molecule has 0 saturated heterocycles. The van der Waals surface area contributed by atoms with Crippen molar-refractivity contribution in [3.63, 3.8) is 0 Å². The molecular weight excluding hydrogens is 500 g/mol. The predicted octanol–water partition coefficient (Wildman–Crippen LogP) is 7.58. The summed E-state index contributed by atoms with van der Waals surface area (Å²) >= 11 is 0. The lowest BCUT2D eigenvalue weighted by molar-refractivity contribution is -0.151. The largest absolute Gasteiger partial charge is 0.462 e. The summed E-state index contributed by atoms with van der Waals surface area (Å²) in [7, 11) is 0. The number of hydroxylamine groups is 1. The van der Waals surface area contributed by atoms with Gasteiger partial charge >= 0.3 is 5.97 Å². The molecule has 3 unspecified atom stereocenters. The molecule has 2 fully saturated rings. The number of rotatable bonds is 11. The Hall–Kier alpha value is -2.47. The highest BCUT2D eigenvalue weighted by atomic mass is 16.5. The number of aromatic nitrogens is 1. The van der Waals surface area contributed by atoms with Crippen molar-refractivity contribution in [2.45, 2.75) is 116 Å². The second-order valence-electron chi connectivity index (χ2n) is 13.3. The summed E-state index contributed by atoms with van der Waals surface area (Å²) in [4.78, 5) is 28.1. The number of allylic oxidation sites excluding steroid dienone is 3. The average molecular weight is 549 g/mol. The van der Waals surface area contributed by atoms with E-state index in [0.29, 0.717) is 18.8 Å². The minimum Gasteiger partial charge on any atom is -0.462 e. The SMILES string of the molecule is C[C@]12CC[C@H](OC(=O)CCCCCCCCC(=O)NO)CC1=CCC1C2CC[C@]2(C)C(c3cccnc3)=CCC12. The fourth-order valence-corrected chi connectivity index (χ4v) is 8.83. The first kappa shape index (κ1) is 29.0. The Morgan fingerprint density at radius 3 is 2.48 bits per heavy atom. The third-order valence-electron chi connectivity index (χ3n) is 11.1. The summed E-state index contributed by atoms with van der Waals surface area (Å²) in [5.74, 6) is 1.78. The number of unbranched alkanes of at least 4 members (excludes halogenated alkanes) is 5. The van der Waals surface area contributed by atoms with Gasteiger partial charge in [-0.1, -0.05) is 63.3 Å². The zero-order valence-corrected chi connectivity index (χ0v) is 24.5. The molecule has 0 aromatic carbocycles. The van der Waals surface area contributed by atoms with Crippen molar-refractivity contribution in [1.82, 2.24) is 10.5 Å². The number of esters is 1.